The maximum absolute atomic E-state index is 13.3. The molecular weight excluding hydrogens is 406 g/mol. The van der Waals surface area contributed by atoms with E-state index in [-0.39, 0.29) is 24.0 Å². The molecule has 1 fully saturated rings. The van der Waals surface area contributed by atoms with Crippen molar-refractivity contribution >= 4 is 23.3 Å². The number of para-hydroxylation sites is 2. The Hall–Kier alpha value is -3.22. The molecule has 1 saturated heterocycles. The number of anilines is 2. The van der Waals surface area contributed by atoms with Gasteiger partial charge < -0.3 is 19.7 Å². The van der Waals surface area contributed by atoms with Crippen LogP contribution in [-0.2, 0) is 4.79 Å². The maximum Gasteiger partial charge on any atom is 0.324 e. The molecule has 0 radical (unpaired) electrons. The number of likely N-dealkylation sites (tertiary alicyclic amines) is 1. The van der Waals surface area contributed by atoms with Gasteiger partial charge in [-0.25, -0.2) is 4.79 Å². The van der Waals surface area contributed by atoms with Crippen molar-refractivity contribution in [2.75, 3.05) is 36.5 Å². The van der Waals surface area contributed by atoms with Crippen LogP contribution in [0.25, 0.3) is 0 Å². The van der Waals surface area contributed by atoms with Gasteiger partial charge in [-0.15, -0.1) is 0 Å². The van der Waals surface area contributed by atoms with E-state index in [2.05, 4.69) is 12.2 Å². The minimum Gasteiger partial charge on any atom is -0.494 e. The van der Waals surface area contributed by atoms with Crippen molar-refractivity contribution in [3.63, 3.8) is 0 Å². The Morgan fingerprint density at radius 1 is 1.06 bits per heavy atom. The van der Waals surface area contributed by atoms with Crippen LogP contribution in [0.15, 0.2) is 48.5 Å². The van der Waals surface area contributed by atoms with Crippen molar-refractivity contribution in [1.82, 2.24) is 4.90 Å². The van der Waals surface area contributed by atoms with Gasteiger partial charge in [0.25, 0.3) is 0 Å². The number of hydrogen-bond acceptors (Lipinski definition) is 4. The minimum atomic E-state index is -0.106. The number of nitrogens with zero attached hydrogens (tertiary/aromatic N) is 2. The van der Waals surface area contributed by atoms with Crippen LogP contribution in [0.5, 0.6) is 11.5 Å². The molecule has 0 aromatic heterocycles. The Morgan fingerprint density at radius 2 is 1.78 bits per heavy atom. The number of hydrogen-bond donors (Lipinski definition) is 1. The average Bonchev–Trinajstić information content (AvgIpc) is 2.84. The second-order valence-corrected chi connectivity index (χ2v) is 8.22. The quantitative estimate of drug-likeness (QED) is 0.746. The Kier molecular flexibility index (Phi) is 6.83. The van der Waals surface area contributed by atoms with Gasteiger partial charge >= 0.3 is 6.03 Å². The molecule has 1 N–H and O–H groups in total. The van der Waals surface area contributed by atoms with E-state index in [1.807, 2.05) is 65.3 Å². The molecular formula is C25H31N3O4. The predicted octanol–water partition coefficient (Wildman–Crippen LogP) is 4.53. The third kappa shape index (κ3) is 4.82. The van der Waals surface area contributed by atoms with Gasteiger partial charge in [0.05, 0.1) is 18.8 Å². The normalized spacial score (nSPS) is 18.5. The first kappa shape index (κ1) is 22.0. The fourth-order valence-electron chi connectivity index (χ4n) is 4.24. The summed E-state index contributed by atoms with van der Waals surface area (Å²) in [5.74, 6) is 1.44. The summed E-state index contributed by atoms with van der Waals surface area (Å²) in [6.45, 7) is 6.29. The SMILES string of the molecule is CCOc1ccc(NC(=O)C2CCN(C(=O)N3C[C@@H](CC)Oc4ccccc43)CC2)cc1. The summed E-state index contributed by atoms with van der Waals surface area (Å²) in [5.41, 5.74) is 1.57. The third-order valence-electron chi connectivity index (χ3n) is 6.09. The molecule has 0 bridgehead atoms. The monoisotopic (exact) mass is 437 g/mol. The number of urea groups is 1. The first-order valence-electron chi connectivity index (χ1n) is 11.4. The van der Waals surface area contributed by atoms with Gasteiger partial charge in [-0.1, -0.05) is 19.1 Å². The standard InChI is InChI=1S/C25H31N3O4/c1-3-20-17-28(22-7-5-6-8-23(22)32-20)25(30)27-15-13-18(14-16-27)24(29)26-19-9-11-21(12-10-19)31-4-2/h5-12,18,20H,3-4,13-17H2,1-2H3,(H,26,29)/t20-/m1/s1. The number of fused-ring (bicyclic) bond motifs is 1. The summed E-state index contributed by atoms with van der Waals surface area (Å²) < 4.78 is 11.4. The number of rotatable bonds is 5. The molecule has 3 amide bonds. The molecule has 0 saturated carbocycles. The lowest BCUT2D eigenvalue weighted by Gasteiger charge is -2.39. The molecule has 7 nitrogen and oxygen atoms in total. The number of piperidine rings is 1. The number of carbonyl (C=O) groups is 2. The van der Waals surface area contributed by atoms with Crippen molar-refractivity contribution in [3.05, 3.63) is 48.5 Å². The molecule has 2 aromatic carbocycles. The third-order valence-corrected chi connectivity index (χ3v) is 6.09. The maximum atomic E-state index is 13.3. The molecule has 170 valence electrons. The Bertz CT molecular complexity index is 938. The van der Waals surface area contributed by atoms with E-state index in [4.69, 9.17) is 9.47 Å². The molecule has 1 atom stereocenters. The van der Waals surface area contributed by atoms with Gasteiger partial charge in [0.15, 0.2) is 0 Å². The van der Waals surface area contributed by atoms with Gasteiger partial charge in [-0.2, -0.15) is 0 Å². The Balaban J connectivity index is 1.34. The van der Waals surface area contributed by atoms with Gasteiger partial charge in [0.1, 0.15) is 17.6 Å². The predicted molar refractivity (Wildman–Crippen MR) is 124 cm³/mol. The van der Waals surface area contributed by atoms with E-state index in [0.29, 0.717) is 39.1 Å². The first-order valence-corrected chi connectivity index (χ1v) is 11.4. The molecule has 0 aliphatic carbocycles. The smallest absolute Gasteiger partial charge is 0.324 e. The zero-order valence-electron chi connectivity index (χ0n) is 18.8. The zero-order chi connectivity index (χ0) is 22.5. The summed E-state index contributed by atoms with van der Waals surface area (Å²) in [7, 11) is 0. The van der Waals surface area contributed by atoms with Crippen LogP contribution in [0.4, 0.5) is 16.2 Å². The van der Waals surface area contributed by atoms with Crippen LogP contribution in [0.3, 0.4) is 0 Å². The van der Waals surface area contributed by atoms with E-state index < -0.39 is 0 Å². The highest BCUT2D eigenvalue weighted by Gasteiger charge is 2.34. The lowest BCUT2D eigenvalue weighted by Crippen LogP contribution is -2.52. The van der Waals surface area contributed by atoms with Crippen molar-refractivity contribution in [1.29, 1.82) is 0 Å². The van der Waals surface area contributed by atoms with Crippen LogP contribution in [0.1, 0.15) is 33.1 Å². The summed E-state index contributed by atoms with van der Waals surface area (Å²) in [6, 6.07) is 15.1. The van der Waals surface area contributed by atoms with Crippen LogP contribution in [-0.4, -0.2) is 49.2 Å². The van der Waals surface area contributed by atoms with Crippen molar-refractivity contribution in [2.45, 2.75) is 39.2 Å². The largest absolute Gasteiger partial charge is 0.494 e. The molecule has 32 heavy (non-hydrogen) atoms. The van der Waals surface area contributed by atoms with E-state index >= 15 is 0 Å². The number of nitrogens with one attached hydrogen (secondary N) is 1. The summed E-state index contributed by atoms with van der Waals surface area (Å²) >= 11 is 0. The van der Waals surface area contributed by atoms with Crippen molar-refractivity contribution < 1.29 is 19.1 Å². The summed E-state index contributed by atoms with van der Waals surface area (Å²) in [4.78, 5) is 29.7. The van der Waals surface area contributed by atoms with Crippen LogP contribution < -0.4 is 19.7 Å². The van der Waals surface area contributed by atoms with Crippen LogP contribution in [0.2, 0.25) is 0 Å². The highest BCUT2D eigenvalue weighted by atomic mass is 16.5. The number of amides is 3. The molecule has 4 rings (SSSR count). The van der Waals surface area contributed by atoms with E-state index in [0.717, 1.165) is 29.3 Å². The van der Waals surface area contributed by atoms with Crippen molar-refractivity contribution in [2.24, 2.45) is 5.92 Å². The molecule has 0 spiro atoms. The summed E-state index contributed by atoms with van der Waals surface area (Å²) in [6.07, 6.45) is 2.13. The topological polar surface area (TPSA) is 71.1 Å². The minimum absolute atomic E-state index is 0.00373. The van der Waals surface area contributed by atoms with E-state index in [9.17, 15) is 9.59 Å². The Labute approximate surface area is 189 Å². The number of benzene rings is 2. The molecule has 2 aromatic rings. The van der Waals surface area contributed by atoms with Crippen molar-refractivity contribution in [3.8, 4) is 11.5 Å². The first-order chi connectivity index (χ1) is 15.6. The van der Waals surface area contributed by atoms with Crippen LogP contribution in [0, 0.1) is 5.92 Å². The molecule has 2 aliphatic rings. The van der Waals surface area contributed by atoms with Gasteiger partial charge in [-0.05, 0) is 62.6 Å². The molecule has 2 aliphatic heterocycles. The highest BCUT2D eigenvalue weighted by molar-refractivity contribution is 5.95. The van der Waals surface area contributed by atoms with Gasteiger partial charge in [0.2, 0.25) is 5.91 Å². The van der Waals surface area contributed by atoms with Gasteiger partial charge in [-0.3, -0.25) is 9.69 Å². The fraction of sp³-hybridized carbons (Fsp3) is 0.440. The number of ether oxygens (including phenoxy) is 2. The lowest BCUT2D eigenvalue weighted by molar-refractivity contribution is -0.121. The zero-order valence-corrected chi connectivity index (χ0v) is 18.8. The average molecular weight is 438 g/mol. The fourth-order valence-corrected chi connectivity index (χ4v) is 4.24. The summed E-state index contributed by atoms with van der Waals surface area (Å²) in [5, 5.41) is 2.99. The van der Waals surface area contributed by atoms with Crippen LogP contribution >= 0.6 is 0 Å². The molecule has 2 heterocycles. The lowest BCUT2D eigenvalue weighted by atomic mass is 9.96. The highest BCUT2D eigenvalue weighted by Crippen LogP contribution is 2.35. The second-order valence-electron chi connectivity index (χ2n) is 8.22. The van der Waals surface area contributed by atoms with E-state index in [1.54, 1.807) is 0 Å². The van der Waals surface area contributed by atoms with Gasteiger partial charge in [0, 0.05) is 24.7 Å². The van der Waals surface area contributed by atoms with E-state index in [1.165, 1.54) is 0 Å². The number of carbonyl (C=O) groups excluding carboxylic acids is 2. The molecule has 0 unspecified atom stereocenters. The Morgan fingerprint density at radius 3 is 2.47 bits per heavy atom. The molecule has 7 heteroatoms. The second kappa shape index (κ2) is 9.94.